The minimum absolute atomic E-state index is 0.873. The zero-order valence-electron chi connectivity index (χ0n) is 12.0. The Morgan fingerprint density at radius 2 is 1.65 bits per heavy atom. The summed E-state index contributed by atoms with van der Waals surface area (Å²) >= 11 is 0. The molecule has 1 aliphatic heterocycles. The number of nitrogens with one attached hydrogen (secondary N) is 1. The SMILES string of the molecule is c1ccc(-c2ccc(CCC3CCCNC3)cc2)cc1. The van der Waals surface area contributed by atoms with Gasteiger partial charge < -0.3 is 5.32 Å². The average molecular weight is 265 g/mol. The maximum absolute atomic E-state index is 3.50. The highest BCUT2D eigenvalue weighted by atomic mass is 14.9. The lowest BCUT2D eigenvalue weighted by Gasteiger charge is -2.22. The minimum Gasteiger partial charge on any atom is -0.316 e. The standard InChI is InChI=1S/C19H23N/c1-2-6-18(7-3-1)19-12-10-16(11-13-19)8-9-17-5-4-14-20-15-17/h1-3,6-7,10-13,17,20H,4-5,8-9,14-15H2. The third-order valence-corrected chi connectivity index (χ3v) is 4.30. The number of aryl methyl sites for hydroxylation is 1. The van der Waals surface area contributed by atoms with E-state index in [1.807, 2.05) is 0 Å². The summed E-state index contributed by atoms with van der Waals surface area (Å²) in [5.41, 5.74) is 4.08. The third kappa shape index (κ3) is 3.49. The van der Waals surface area contributed by atoms with Gasteiger partial charge in [-0.3, -0.25) is 0 Å². The van der Waals surface area contributed by atoms with Gasteiger partial charge in [-0.1, -0.05) is 54.6 Å². The topological polar surface area (TPSA) is 12.0 Å². The van der Waals surface area contributed by atoms with Crippen LogP contribution in [0.2, 0.25) is 0 Å². The van der Waals surface area contributed by atoms with Gasteiger partial charge in [0.1, 0.15) is 0 Å². The molecule has 1 saturated heterocycles. The van der Waals surface area contributed by atoms with E-state index in [0.717, 1.165) is 5.92 Å². The average Bonchev–Trinajstić information content (AvgIpc) is 2.55. The summed E-state index contributed by atoms with van der Waals surface area (Å²) in [5, 5.41) is 3.50. The largest absolute Gasteiger partial charge is 0.316 e. The lowest BCUT2D eigenvalue weighted by Crippen LogP contribution is -2.29. The second-order valence-corrected chi connectivity index (χ2v) is 5.81. The van der Waals surface area contributed by atoms with Crippen molar-refractivity contribution in [2.24, 2.45) is 5.92 Å². The Morgan fingerprint density at radius 3 is 2.35 bits per heavy atom. The minimum atomic E-state index is 0.873. The summed E-state index contributed by atoms with van der Waals surface area (Å²) in [4.78, 5) is 0. The molecule has 0 aliphatic carbocycles. The molecule has 0 spiro atoms. The summed E-state index contributed by atoms with van der Waals surface area (Å²) in [6.07, 6.45) is 5.27. The molecule has 1 unspecified atom stereocenters. The normalized spacial score (nSPS) is 18.9. The molecule has 0 radical (unpaired) electrons. The Hall–Kier alpha value is -1.60. The van der Waals surface area contributed by atoms with Crippen molar-refractivity contribution in [2.75, 3.05) is 13.1 Å². The molecule has 0 aromatic heterocycles. The van der Waals surface area contributed by atoms with E-state index in [0.29, 0.717) is 0 Å². The number of rotatable bonds is 4. The van der Waals surface area contributed by atoms with Gasteiger partial charge in [-0.15, -0.1) is 0 Å². The molecular weight excluding hydrogens is 242 g/mol. The van der Waals surface area contributed by atoms with Crippen LogP contribution in [-0.2, 0) is 6.42 Å². The molecule has 0 saturated carbocycles. The highest BCUT2D eigenvalue weighted by Crippen LogP contribution is 2.21. The van der Waals surface area contributed by atoms with Crippen LogP contribution in [0, 0.1) is 5.92 Å². The maximum atomic E-state index is 3.50. The van der Waals surface area contributed by atoms with E-state index in [9.17, 15) is 0 Å². The van der Waals surface area contributed by atoms with Crippen LogP contribution < -0.4 is 5.32 Å². The summed E-state index contributed by atoms with van der Waals surface area (Å²) in [7, 11) is 0. The quantitative estimate of drug-likeness (QED) is 0.869. The lowest BCUT2D eigenvalue weighted by molar-refractivity contribution is 0.358. The van der Waals surface area contributed by atoms with E-state index in [1.54, 1.807) is 0 Å². The fourth-order valence-corrected chi connectivity index (χ4v) is 3.04. The predicted molar refractivity (Wildman–Crippen MR) is 85.8 cm³/mol. The Morgan fingerprint density at radius 1 is 0.900 bits per heavy atom. The molecule has 1 nitrogen and oxygen atoms in total. The molecule has 2 aromatic rings. The molecule has 1 atom stereocenters. The molecule has 1 heteroatoms. The van der Waals surface area contributed by atoms with Gasteiger partial charge in [0.05, 0.1) is 0 Å². The van der Waals surface area contributed by atoms with Gasteiger partial charge >= 0.3 is 0 Å². The van der Waals surface area contributed by atoms with Crippen LogP contribution in [0.4, 0.5) is 0 Å². The van der Waals surface area contributed by atoms with E-state index >= 15 is 0 Å². The maximum Gasteiger partial charge on any atom is -0.00204 e. The van der Waals surface area contributed by atoms with E-state index < -0.39 is 0 Å². The first kappa shape index (κ1) is 13.4. The van der Waals surface area contributed by atoms with Crippen molar-refractivity contribution in [1.82, 2.24) is 5.32 Å². The molecule has 2 aromatic carbocycles. The fraction of sp³-hybridized carbons (Fsp3) is 0.368. The predicted octanol–water partition coefficient (Wildman–Crippen LogP) is 4.29. The smallest absolute Gasteiger partial charge is 0.00204 e. The zero-order chi connectivity index (χ0) is 13.6. The summed E-state index contributed by atoms with van der Waals surface area (Å²) in [6, 6.07) is 19.7. The van der Waals surface area contributed by atoms with Crippen LogP contribution in [0.15, 0.2) is 54.6 Å². The Balaban J connectivity index is 1.58. The Bertz CT molecular complexity index is 509. The van der Waals surface area contributed by atoms with Gasteiger partial charge in [-0.05, 0) is 61.4 Å². The van der Waals surface area contributed by atoms with Gasteiger partial charge in [0.2, 0.25) is 0 Å². The number of benzene rings is 2. The summed E-state index contributed by atoms with van der Waals surface area (Å²) in [6.45, 7) is 2.42. The Labute approximate surface area is 122 Å². The highest BCUT2D eigenvalue weighted by Gasteiger charge is 2.12. The van der Waals surface area contributed by atoms with E-state index in [1.165, 1.54) is 55.5 Å². The van der Waals surface area contributed by atoms with E-state index in [2.05, 4.69) is 59.9 Å². The Kier molecular flexibility index (Phi) is 4.49. The number of piperidine rings is 1. The lowest BCUT2D eigenvalue weighted by atomic mass is 9.92. The number of hydrogen-bond acceptors (Lipinski definition) is 1. The van der Waals surface area contributed by atoms with Crippen LogP contribution >= 0.6 is 0 Å². The monoisotopic (exact) mass is 265 g/mol. The molecular formula is C19H23N. The fourth-order valence-electron chi connectivity index (χ4n) is 3.04. The second kappa shape index (κ2) is 6.71. The summed E-state index contributed by atoms with van der Waals surface area (Å²) < 4.78 is 0. The van der Waals surface area contributed by atoms with Crippen molar-refractivity contribution < 1.29 is 0 Å². The number of hydrogen-bond donors (Lipinski definition) is 1. The van der Waals surface area contributed by atoms with Gasteiger partial charge in [-0.2, -0.15) is 0 Å². The molecule has 0 bridgehead atoms. The molecule has 1 heterocycles. The van der Waals surface area contributed by atoms with Crippen molar-refractivity contribution >= 4 is 0 Å². The van der Waals surface area contributed by atoms with Crippen LogP contribution in [0.1, 0.15) is 24.8 Å². The van der Waals surface area contributed by atoms with E-state index in [-0.39, 0.29) is 0 Å². The van der Waals surface area contributed by atoms with Gasteiger partial charge in [0, 0.05) is 0 Å². The molecule has 104 valence electrons. The van der Waals surface area contributed by atoms with Crippen LogP contribution in [0.25, 0.3) is 11.1 Å². The van der Waals surface area contributed by atoms with Crippen molar-refractivity contribution in [2.45, 2.75) is 25.7 Å². The van der Waals surface area contributed by atoms with Crippen LogP contribution in [0.3, 0.4) is 0 Å². The first-order valence-electron chi connectivity index (χ1n) is 7.77. The van der Waals surface area contributed by atoms with Gasteiger partial charge in [-0.25, -0.2) is 0 Å². The molecule has 3 rings (SSSR count). The molecule has 20 heavy (non-hydrogen) atoms. The first-order chi connectivity index (χ1) is 9.92. The molecule has 1 fully saturated rings. The van der Waals surface area contributed by atoms with Crippen LogP contribution in [-0.4, -0.2) is 13.1 Å². The van der Waals surface area contributed by atoms with E-state index in [4.69, 9.17) is 0 Å². The second-order valence-electron chi connectivity index (χ2n) is 5.81. The first-order valence-corrected chi connectivity index (χ1v) is 7.77. The van der Waals surface area contributed by atoms with Crippen molar-refractivity contribution in [3.63, 3.8) is 0 Å². The van der Waals surface area contributed by atoms with Crippen molar-refractivity contribution in [3.05, 3.63) is 60.2 Å². The molecule has 1 N–H and O–H groups in total. The zero-order valence-corrected chi connectivity index (χ0v) is 12.0. The van der Waals surface area contributed by atoms with Crippen molar-refractivity contribution in [3.8, 4) is 11.1 Å². The van der Waals surface area contributed by atoms with Crippen LogP contribution in [0.5, 0.6) is 0 Å². The molecule has 0 amide bonds. The summed E-state index contributed by atoms with van der Waals surface area (Å²) in [5.74, 6) is 0.873. The van der Waals surface area contributed by atoms with Gasteiger partial charge in [0.25, 0.3) is 0 Å². The van der Waals surface area contributed by atoms with Crippen molar-refractivity contribution in [1.29, 1.82) is 0 Å². The van der Waals surface area contributed by atoms with Gasteiger partial charge in [0.15, 0.2) is 0 Å². The molecule has 1 aliphatic rings. The third-order valence-electron chi connectivity index (χ3n) is 4.30. The highest BCUT2D eigenvalue weighted by molar-refractivity contribution is 5.63.